The lowest BCUT2D eigenvalue weighted by Crippen LogP contribution is -2.02. The standard InChI is InChI=1S/C14H16O/c1-4-5-6-14(15)10-13-8-11(2)7-12(3)9-13/h1,7-9H,5-6,10H2,2-3H3. The van der Waals surface area contributed by atoms with Crippen LogP contribution in [-0.4, -0.2) is 5.78 Å². The highest BCUT2D eigenvalue weighted by Crippen LogP contribution is 2.10. The molecule has 1 nitrogen and oxygen atoms in total. The lowest BCUT2D eigenvalue weighted by molar-refractivity contribution is -0.118. The van der Waals surface area contributed by atoms with E-state index in [-0.39, 0.29) is 5.78 Å². The van der Waals surface area contributed by atoms with Crippen LogP contribution in [0.15, 0.2) is 18.2 Å². The Morgan fingerprint density at radius 2 is 1.87 bits per heavy atom. The van der Waals surface area contributed by atoms with Crippen molar-refractivity contribution in [3.63, 3.8) is 0 Å². The molecule has 0 fully saturated rings. The van der Waals surface area contributed by atoms with E-state index in [9.17, 15) is 4.79 Å². The molecule has 0 heterocycles. The van der Waals surface area contributed by atoms with Crippen molar-refractivity contribution < 1.29 is 4.79 Å². The fourth-order valence-electron chi connectivity index (χ4n) is 1.70. The molecule has 1 heteroatoms. The Bertz CT molecular complexity index is 376. The normalized spacial score (nSPS) is 9.67. The van der Waals surface area contributed by atoms with Gasteiger partial charge in [-0.2, -0.15) is 0 Å². The van der Waals surface area contributed by atoms with Gasteiger partial charge in [-0.3, -0.25) is 4.79 Å². The molecule has 1 aromatic carbocycles. The Hall–Kier alpha value is -1.55. The number of hydrogen-bond acceptors (Lipinski definition) is 1. The maximum Gasteiger partial charge on any atom is 0.138 e. The fraction of sp³-hybridized carbons (Fsp3) is 0.357. The Morgan fingerprint density at radius 3 is 2.40 bits per heavy atom. The number of rotatable bonds is 4. The molecule has 0 aliphatic rings. The van der Waals surface area contributed by atoms with Crippen LogP contribution in [0.2, 0.25) is 0 Å². The molecule has 0 aromatic heterocycles. The number of carbonyl (C=O) groups excluding carboxylic acids is 1. The monoisotopic (exact) mass is 200 g/mol. The lowest BCUT2D eigenvalue weighted by Gasteiger charge is -2.03. The molecule has 15 heavy (non-hydrogen) atoms. The number of benzene rings is 1. The fourth-order valence-corrected chi connectivity index (χ4v) is 1.70. The van der Waals surface area contributed by atoms with Crippen LogP contribution in [0.3, 0.4) is 0 Å². The summed E-state index contributed by atoms with van der Waals surface area (Å²) in [6.45, 7) is 4.09. The zero-order chi connectivity index (χ0) is 11.3. The Morgan fingerprint density at radius 1 is 1.27 bits per heavy atom. The highest BCUT2D eigenvalue weighted by atomic mass is 16.1. The van der Waals surface area contributed by atoms with Gasteiger partial charge in [-0.05, 0) is 19.4 Å². The Balaban J connectivity index is 2.65. The van der Waals surface area contributed by atoms with Crippen LogP contribution in [0.5, 0.6) is 0 Å². The van der Waals surface area contributed by atoms with Crippen LogP contribution >= 0.6 is 0 Å². The predicted octanol–water partition coefficient (Wildman–Crippen LogP) is 2.83. The maximum atomic E-state index is 11.5. The first kappa shape index (κ1) is 11.5. The van der Waals surface area contributed by atoms with Crippen LogP contribution in [0, 0.1) is 26.2 Å². The highest BCUT2D eigenvalue weighted by molar-refractivity contribution is 5.81. The summed E-state index contributed by atoms with van der Waals surface area (Å²) in [6.07, 6.45) is 6.66. The van der Waals surface area contributed by atoms with Gasteiger partial charge in [-0.1, -0.05) is 29.3 Å². The van der Waals surface area contributed by atoms with Gasteiger partial charge in [-0.15, -0.1) is 12.3 Å². The smallest absolute Gasteiger partial charge is 0.138 e. The number of ketones is 1. The molecule has 1 rings (SSSR count). The van der Waals surface area contributed by atoms with Gasteiger partial charge in [0.1, 0.15) is 5.78 Å². The Kier molecular flexibility index (Phi) is 4.12. The van der Waals surface area contributed by atoms with Crippen molar-refractivity contribution >= 4 is 5.78 Å². The van der Waals surface area contributed by atoms with Gasteiger partial charge in [0.05, 0.1) is 0 Å². The van der Waals surface area contributed by atoms with E-state index in [1.54, 1.807) is 0 Å². The van der Waals surface area contributed by atoms with Crippen molar-refractivity contribution in [1.29, 1.82) is 0 Å². The molecular weight excluding hydrogens is 184 g/mol. The minimum atomic E-state index is 0.220. The number of hydrogen-bond donors (Lipinski definition) is 0. The quantitative estimate of drug-likeness (QED) is 0.683. The van der Waals surface area contributed by atoms with Crippen molar-refractivity contribution in [2.24, 2.45) is 0 Å². The van der Waals surface area contributed by atoms with Gasteiger partial charge < -0.3 is 0 Å². The van der Waals surface area contributed by atoms with Gasteiger partial charge in [-0.25, -0.2) is 0 Å². The molecule has 0 atom stereocenters. The van der Waals surface area contributed by atoms with Crippen LogP contribution in [0.25, 0.3) is 0 Å². The van der Waals surface area contributed by atoms with E-state index in [0.717, 1.165) is 5.56 Å². The summed E-state index contributed by atoms with van der Waals surface area (Å²) >= 11 is 0. The third-order valence-electron chi connectivity index (χ3n) is 2.23. The Labute approximate surface area is 91.5 Å². The zero-order valence-electron chi connectivity index (χ0n) is 9.34. The number of terminal acetylenes is 1. The third-order valence-corrected chi connectivity index (χ3v) is 2.23. The molecule has 0 amide bonds. The summed E-state index contributed by atoms with van der Waals surface area (Å²) < 4.78 is 0. The molecule has 0 spiro atoms. The summed E-state index contributed by atoms with van der Waals surface area (Å²) in [4.78, 5) is 11.5. The van der Waals surface area contributed by atoms with E-state index in [1.807, 2.05) is 13.8 Å². The van der Waals surface area contributed by atoms with E-state index >= 15 is 0 Å². The molecule has 78 valence electrons. The third kappa shape index (κ3) is 3.99. The molecule has 0 N–H and O–H groups in total. The van der Waals surface area contributed by atoms with Gasteiger partial charge in [0.15, 0.2) is 0 Å². The van der Waals surface area contributed by atoms with E-state index in [0.29, 0.717) is 19.3 Å². The second-order valence-electron chi connectivity index (χ2n) is 3.92. The highest BCUT2D eigenvalue weighted by Gasteiger charge is 2.03. The van der Waals surface area contributed by atoms with E-state index in [2.05, 4.69) is 24.1 Å². The van der Waals surface area contributed by atoms with E-state index < -0.39 is 0 Å². The molecule has 0 aliphatic carbocycles. The van der Waals surface area contributed by atoms with Crippen LogP contribution in [-0.2, 0) is 11.2 Å². The minimum Gasteiger partial charge on any atom is -0.299 e. The van der Waals surface area contributed by atoms with Crippen LogP contribution in [0.1, 0.15) is 29.5 Å². The SMILES string of the molecule is C#CCCC(=O)Cc1cc(C)cc(C)c1. The van der Waals surface area contributed by atoms with Crippen molar-refractivity contribution in [2.45, 2.75) is 33.1 Å². The molecule has 0 bridgehead atoms. The zero-order valence-corrected chi connectivity index (χ0v) is 9.34. The summed E-state index contributed by atoms with van der Waals surface area (Å²) in [5.74, 6) is 2.71. The van der Waals surface area contributed by atoms with Gasteiger partial charge >= 0.3 is 0 Å². The molecule has 0 unspecified atom stereocenters. The van der Waals surface area contributed by atoms with Crippen LogP contribution < -0.4 is 0 Å². The molecule has 1 aromatic rings. The largest absolute Gasteiger partial charge is 0.299 e. The number of carbonyl (C=O) groups is 1. The molecular formula is C14H16O. The molecule has 0 saturated carbocycles. The van der Waals surface area contributed by atoms with E-state index in [1.165, 1.54) is 11.1 Å². The van der Waals surface area contributed by atoms with Gasteiger partial charge in [0.2, 0.25) is 0 Å². The van der Waals surface area contributed by atoms with Crippen molar-refractivity contribution in [2.75, 3.05) is 0 Å². The second-order valence-corrected chi connectivity index (χ2v) is 3.92. The van der Waals surface area contributed by atoms with E-state index in [4.69, 9.17) is 6.42 Å². The van der Waals surface area contributed by atoms with Gasteiger partial charge in [0.25, 0.3) is 0 Å². The molecule has 0 saturated heterocycles. The first-order chi connectivity index (χ1) is 7.11. The average Bonchev–Trinajstić information content (AvgIpc) is 2.13. The molecule has 0 radical (unpaired) electrons. The van der Waals surface area contributed by atoms with Crippen molar-refractivity contribution in [3.8, 4) is 12.3 Å². The summed E-state index contributed by atoms with van der Waals surface area (Å²) in [6, 6.07) is 6.22. The minimum absolute atomic E-state index is 0.220. The second kappa shape index (κ2) is 5.36. The summed E-state index contributed by atoms with van der Waals surface area (Å²) in [7, 11) is 0. The first-order valence-electron chi connectivity index (χ1n) is 5.14. The molecule has 0 aliphatic heterocycles. The van der Waals surface area contributed by atoms with Crippen molar-refractivity contribution in [3.05, 3.63) is 34.9 Å². The average molecular weight is 200 g/mol. The lowest BCUT2D eigenvalue weighted by atomic mass is 10.0. The topological polar surface area (TPSA) is 17.1 Å². The van der Waals surface area contributed by atoms with Gasteiger partial charge in [0, 0.05) is 19.3 Å². The summed E-state index contributed by atoms with van der Waals surface area (Å²) in [5.41, 5.74) is 3.50. The number of aryl methyl sites for hydroxylation is 2. The first-order valence-corrected chi connectivity index (χ1v) is 5.14. The predicted molar refractivity (Wildman–Crippen MR) is 62.7 cm³/mol. The number of Topliss-reactive ketones (excluding diaryl/α,β-unsaturated/α-hetero) is 1. The van der Waals surface area contributed by atoms with Crippen molar-refractivity contribution in [1.82, 2.24) is 0 Å². The summed E-state index contributed by atoms with van der Waals surface area (Å²) in [5, 5.41) is 0. The maximum absolute atomic E-state index is 11.5. The van der Waals surface area contributed by atoms with Crippen LogP contribution in [0.4, 0.5) is 0 Å².